The molecule has 0 atom stereocenters. The summed E-state index contributed by atoms with van der Waals surface area (Å²) in [7, 11) is 0. The number of alkyl halides is 1. The van der Waals surface area contributed by atoms with Crippen molar-refractivity contribution >= 4 is 21.7 Å². The van der Waals surface area contributed by atoms with Gasteiger partial charge in [0.25, 0.3) is 0 Å². The number of benzene rings is 1. The Bertz CT molecular complexity index is 339. The fourth-order valence-electron chi connectivity index (χ4n) is 1.05. The van der Waals surface area contributed by atoms with Crippen LogP contribution >= 0.6 is 15.9 Å². The second-order valence-electron chi connectivity index (χ2n) is 2.63. The van der Waals surface area contributed by atoms with E-state index in [4.69, 9.17) is 4.74 Å². The maximum absolute atomic E-state index is 13.3. The van der Waals surface area contributed by atoms with Crippen LogP contribution in [-0.2, 0) is 0 Å². The first kappa shape index (κ1) is 11.2. The van der Waals surface area contributed by atoms with Crippen LogP contribution < -0.4 is 4.74 Å². The van der Waals surface area contributed by atoms with Crippen LogP contribution in [0.4, 0.5) is 4.39 Å². The summed E-state index contributed by atoms with van der Waals surface area (Å²) in [6, 6.07) is 4.24. The van der Waals surface area contributed by atoms with E-state index in [0.29, 0.717) is 12.4 Å². The minimum atomic E-state index is -0.541. The Morgan fingerprint density at radius 2 is 2.29 bits per heavy atom. The molecule has 0 unspecified atom stereocenters. The quantitative estimate of drug-likeness (QED) is 0.615. The van der Waals surface area contributed by atoms with Gasteiger partial charge in [0.15, 0.2) is 5.78 Å². The summed E-state index contributed by atoms with van der Waals surface area (Å²) >= 11 is 2.99. The molecule has 0 aromatic heterocycles. The Balaban J connectivity index is 2.95. The van der Waals surface area contributed by atoms with E-state index in [0.717, 1.165) is 0 Å². The standard InChI is InChI=1S/C10H10BrFO2/c1-2-14-7-3-4-8(9(12)5-7)10(13)6-11/h3-5H,2,6H2,1H3. The summed E-state index contributed by atoms with van der Waals surface area (Å²) < 4.78 is 18.4. The summed E-state index contributed by atoms with van der Waals surface area (Å²) in [6.45, 7) is 2.29. The van der Waals surface area contributed by atoms with E-state index in [1.807, 2.05) is 6.92 Å². The lowest BCUT2D eigenvalue weighted by atomic mass is 10.1. The molecule has 0 aliphatic rings. The predicted octanol–water partition coefficient (Wildman–Crippen LogP) is 2.80. The van der Waals surface area contributed by atoms with E-state index in [9.17, 15) is 9.18 Å². The average molecular weight is 261 g/mol. The molecule has 0 spiro atoms. The number of hydrogen-bond acceptors (Lipinski definition) is 2. The van der Waals surface area contributed by atoms with Gasteiger partial charge in [-0.05, 0) is 19.1 Å². The van der Waals surface area contributed by atoms with Gasteiger partial charge in [-0.3, -0.25) is 4.79 Å². The van der Waals surface area contributed by atoms with Crippen LogP contribution in [0, 0.1) is 5.82 Å². The summed E-state index contributed by atoms with van der Waals surface area (Å²) in [6.07, 6.45) is 0. The van der Waals surface area contributed by atoms with Gasteiger partial charge < -0.3 is 4.74 Å². The van der Waals surface area contributed by atoms with E-state index in [-0.39, 0.29) is 16.7 Å². The molecule has 0 bridgehead atoms. The van der Waals surface area contributed by atoms with Crippen molar-refractivity contribution in [3.05, 3.63) is 29.6 Å². The summed E-state index contributed by atoms with van der Waals surface area (Å²) in [4.78, 5) is 11.2. The summed E-state index contributed by atoms with van der Waals surface area (Å²) in [5, 5.41) is 0.123. The molecule has 0 aliphatic heterocycles. The third-order valence-corrected chi connectivity index (χ3v) is 2.18. The number of ketones is 1. The van der Waals surface area contributed by atoms with Crippen molar-refractivity contribution in [2.24, 2.45) is 0 Å². The number of Topliss-reactive ketones (excluding diaryl/α,β-unsaturated/α-hetero) is 1. The van der Waals surface area contributed by atoms with E-state index in [2.05, 4.69) is 15.9 Å². The molecule has 0 aliphatic carbocycles. The molecule has 0 saturated carbocycles. The maximum atomic E-state index is 13.3. The van der Waals surface area contributed by atoms with Crippen molar-refractivity contribution in [3.63, 3.8) is 0 Å². The molecule has 1 rings (SSSR count). The van der Waals surface area contributed by atoms with Gasteiger partial charge in [0.1, 0.15) is 11.6 Å². The fourth-order valence-corrected chi connectivity index (χ4v) is 1.35. The number of carbonyl (C=O) groups is 1. The highest BCUT2D eigenvalue weighted by Gasteiger charge is 2.10. The van der Waals surface area contributed by atoms with Crippen molar-refractivity contribution in [2.75, 3.05) is 11.9 Å². The molecule has 0 saturated heterocycles. The topological polar surface area (TPSA) is 26.3 Å². The monoisotopic (exact) mass is 260 g/mol. The normalized spacial score (nSPS) is 9.93. The van der Waals surface area contributed by atoms with Gasteiger partial charge in [-0.2, -0.15) is 0 Å². The zero-order valence-electron chi connectivity index (χ0n) is 7.72. The maximum Gasteiger partial charge on any atom is 0.176 e. The highest BCUT2D eigenvalue weighted by atomic mass is 79.9. The number of hydrogen-bond donors (Lipinski definition) is 0. The first-order chi connectivity index (χ1) is 6.69. The summed E-state index contributed by atoms with van der Waals surface area (Å²) in [5.41, 5.74) is 0.0883. The van der Waals surface area contributed by atoms with Gasteiger partial charge in [-0.15, -0.1) is 0 Å². The van der Waals surface area contributed by atoms with E-state index in [1.165, 1.54) is 12.1 Å². The van der Waals surface area contributed by atoms with Crippen LogP contribution in [0.25, 0.3) is 0 Å². The van der Waals surface area contributed by atoms with E-state index < -0.39 is 5.82 Å². The lowest BCUT2D eigenvalue weighted by Gasteiger charge is -2.04. The summed E-state index contributed by atoms with van der Waals surface area (Å²) in [5.74, 6) is -0.373. The molecule has 76 valence electrons. The van der Waals surface area contributed by atoms with Gasteiger partial charge in [0.2, 0.25) is 0 Å². The number of ether oxygens (including phenoxy) is 1. The predicted molar refractivity (Wildman–Crippen MR) is 55.7 cm³/mol. The molecule has 2 nitrogen and oxygen atoms in total. The third kappa shape index (κ3) is 2.54. The highest BCUT2D eigenvalue weighted by Crippen LogP contribution is 2.17. The van der Waals surface area contributed by atoms with Crippen molar-refractivity contribution in [2.45, 2.75) is 6.92 Å². The smallest absolute Gasteiger partial charge is 0.176 e. The molecular formula is C10H10BrFO2. The number of halogens is 2. The van der Waals surface area contributed by atoms with Gasteiger partial charge in [-0.25, -0.2) is 4.39 Å². The Hall–Kier alpha value is -0.900. The Morgan fingerprint density at radius 3 is 2.79 bits per heavy atom. The Morgan fingerprint density at radius 1 is 1.57 bits per heavy atom. The third-order valence-electron chi connectivity index (χ3n) is 1.67. The van der Waals surface area contributed by atoms with Crippen molar-refractivity contribution < 1.29 is 13.9 Å². The van der Waals surface area contributed by atoms with E-state index >= 15 is 0 Å². The molecule has 14 heavy (non-hydrogen) atoms. The first-order valence-electron chi connectivity index (χ1n) is 4.20. The van der Waals surface area contributed by atoms with Crippen molar-refractivity contribution in [3.8, 4) is 5.75 Å². The SMILES string of the molecule is CCOc1ccc(C(=O)CBr)c(F)c1. The molecule has 0 amide bonds. The molecule has 0 N–H and O–H groups in total. The molecule has 4 heteroatoms. The molecule has 0 fully saturated rings. The molecule has 1 aromatic rings. The zero-order chi connectivity index (χ0) is 10.6. The van der Waals surface area contributed by atoms with Crippen LogP contribution in [-0.4, -0.2) is 17.7 Å². The second kappa shape index (κ2) is 5.10. The van der Waals surface area contributed by atoms with Crippen LogP contribution in [0.2, 0.25) is 0 Å². The minimum Gasteiger partial charge on any atom is -0.494 e. The zero-order valence-corrected chi connectivity index (χ0v) is 9.30. The number of carbonyl (C=O) groups excluding carboxylic acids is 1. The van der Waals surface area contributed by atoms with Gasteiger partial charge in [0, 0.05) is 6.07 Å². The largest absolute Gasteiger partial charge is 0.494 e. The van der Waals surface area contributed by atoms with Gasteiger partial charge in [-0.1, -0.05) is 15.9 Å². The van der Waals surface area contributed by atoms with Gasteiger partial charge >= 0.3 is 0 Å². The average Bonchev–Trinajstić information content (AvgIpc) is 2.17. The highest BCUT2D eigenvalue weighted by molar-refractivity contribution is 9.09. The minimum absolute atomic E-state index is 0.0883. The van der Waals surface area contributed by atoms with E-state index in [1.54, 1.807) is 6.07 Å². The molecule has 1 aromatic carbocycles. The molecular weight excluding hydrogens is 251 g/mol. The van der Waals surface area contributed by atoms with Crippen molar-refractivity contribution in [1.29, 1.82) is 0 Å². The molecule has 0 heterocycles. The Kier molecular flexibility index (Phi) is 4.07. The van der Waals surface area contributed by atoms with Crippen LogP contribution in [0.5, 0.6) is 5.75 Å². The Labute approximate surface area is 90.2 Å². The van der Waals surface area contributed by atoms with Crippen LogP contribution in [0.1, 0.15) is 17.3 Å². The fraction of sp³-hybridized carbons (Fsp3) is 0.300. The van der Waals surface area contributed by atoms with Crippen molar-refractivity contribution in [1.82, 2.24) is 0 Å². The lowest BCUT2D eigenvalue weighted by molar-refractivity contribution is 0.102. The lowest BCUT2D eigenvalue weighted by Crippen LogP contribution is -2.03. The second-order valence-corrected chi connectivity index (χ2v) is 3.19. The molecule has 0 radical (unpaired) electrons. The van der Waals surface area contributed by atoms with Crippen LogP contribution in [0.3, 0.4) is 0 Å². The van der Waals surface area contributed by atoms with Crippen LogP contribution in [0.15, 0.2) is 18.2 Å². The van der Waals surface area contributed by atoms with Gasteiger partial charge in [0.05, 0.1) is 17.5 Å². The number of rotatable bonds is 4. The first-order valence-corrected chi connectivity index (χ1v) is 5.32.